The van der Waals surface area contributed by atoms with Crippen molar-refractivity contribution < 1.29 is 9.90 Å². The molecule has 98 valence electrons. The molecule has 0 saturated heterocycles. The summed E-state index contributed by atoms with van der Waals surface area (Å²) >= 11 is 12.9. The molecular weight excluding hydrogens is 307 g/mol. The number of hydrogen-bond acceptors (Lipinski definition) is 4. The summed E-state index contributed by atoms with van der Waals surface area (Å²) in [4.78, 5) is 18.8. The molecule has 2 rings (SSSR count). The first-order valence-electron chi connectivity index (χ1n) is 5.19. The number of benzene rings is 1. The quantitative estimate of drug-likeness (QED) is 0.687. The van der Waals surface area contributed by atoms with Crippen LogP contribution in [0.3, 0.4) is 0 Å². The Hall–Kier alpha value is -1.30. The standard InChI is InChI=1S/C12H8Cl2N2O2S/c13-8-3-1-2-7(4-8)6-19-12-15-5-9(14)10(16-12)11(17)18/h1-5H,6H2,(H,17,18). The van der Waals surface area contributed by atoms with Crippen LogP contribution in [0.5, 0.6) is 0 Å². The molecule has 0 spiro atoms. The Labute approximate surface area is 123 Å². The van der Waals surface area contributed by atoms with E-state index in [1.54, 1.807) is 6.07 Å². The van der Waals surface area contributed by atoms with E-state index in [9.17, 15) is 4.79 Å². The summed E-state index contributed by atoms with van der Waals surface area (Å²) in [5.74, 6) is -0.571. The highest BCUT2D eigenvalue weighted by molar-refractivity contribution is 7.98. The van der Waals surface area contributed by atoms with E-state index in [2.05, 4.69) is 9.97 Å². The van der Waals surface area contributed by atoms with Crippen molar-refractivity contribution >= 4 is 40.9 Å². The molecule has 0 unspecified atom stereocenters. The summed E-state index contributed by atoms with van der Waals surface area (Å²) in [6.07, 6.45) is 1.29. The van der Waals surface area contributed by atoms with Gasteiger partial charge < -0.3 is 5.11 Å². The van der Waals surface area contributed by atoms with Crippen molar-refractivity contribution in [2.24, 2.45) is 0 Å². The molecule has 7 heteroatoms. The van der Waals surface area contributed by atoms with E-state index in [0.29, 0.717) is 15.9 Å². The second-order valence-electron chi connectivity index (χ2n) is 3.57. The van der Waals surface area contributed by atoms with E-state index < -0.39 is 5.97 Å². The topological polar surface area (TPSA) is 63.1 Å². The van der Waals surface area contributed by atoms with Gasteiger partial charge in [0.1, 0.15) is 0 Å². The molecule has 1 N–H and O–H groups in total. The molecule has 0 fully saturated rings. The monoisotopic (exact) mass is 314 g/mol. The minimum Gasteiger partial charge on any atom is -0.476 e. The van der Waals surface area contributed by atoms with Gasteiger partial charge in [-0.1, -0.05) is 47.1 Å². The molecule has 2 aromatic rings. The van der Waals surface area contributed by atoms with Gasteiger partial charge in [-0.05, 0) is 17.7 Å². The number of thioether (sulfide) groups is 1. The zero-order valence-corrected chi connectivity index (χ0v) is 11.8. The maximum atomic E-state index is 10.9. The van der Waals surface area contributed by atoms with Gasteiger partial charge in [0.25, 0.3) is 0 Å². The summed E-state index contributed by atoms with van der Waals surface area (Å²) in [5, 5.41) is 9.95. The molecule has 0 radical (unpaired) electrons. The Balaban J connectivity index is 2.12. The zero-order valence-electron chi connectivity index (χ0n) is 9.51. The third-order valence-corrected chi connectivity index (χ3v) is 3.63. The van der Waals surface area contributed by atoms with Gasteiger partial charge in [-0.3, -0.25) is 0 Å². The Bertz CT molecular complexity index is 622. The Morgan fingerprint density at radius 2 is 2.16 bits per heavy atom. The third-order valence-electron chi connectivity index (χ3n) is 2.18. The van der Waals surface area contributed by atoms with E-state index in [0.717, 1.165) is 5.56 Å². The molecule has 1 heterocycles. The number of aromatic carboxylic acids is 1. The minimum atomic E-state index is -1.17. The van der Waals surface area contributed by atoms with Crippen molar-refractivity contribution in [1.29, 1.82) is 0 Å². The number of rotatable bonds is 4. The number of nitrogens with zero attached hydrogens (tertiary/aromatic N) is 2. The Morgan fingerprint density at radius 3 is 2.84 bits per heavy atom. The van der Waals surface area contributed by atoms with E-state index in [4.69, 9.17) is 28.3 Å². The largest absolute Gasteiger partial charge is 0.476 e. The smallest absolute Gasteiger partial charge is 0.356 e. The highest BCUT2D eigenvalue weighted by atomic mass is 35.5. The zero-order chi connectivity index (χ0) is 13.8. The summed E-state index contributed by atoms with van der Waals surface area (Å²) in [7, 11) is 0. The Kier molecular flexibility index (Phi) is 4.63. The maximum Gasteiger partial charge on any atom is 0.356 e. The highest BCUT2D eigenvalue weighted by Gasteiger charge is 2.12. The van der Waals surface area contributed by atoms with Crippen LogP contribution >= 0.6 is 35.0 Å². The van der Waals surface area contributed by atoms with Gasteiger partial charge in [-0.25, -0.2) is 14.8 Å². The van der Waals surface area contributed by atoms with Gasteiger partial charge in [-0.15, -0.1) is 0 Å². The SMILES string of the molecule is O=C(O)c1nc(SCc2cccc(Cl)c2)ncc1Cl. The highest BCUT2D eigenvalue weighted by Crippen LogP contribution is 2.23. The van der Waals surface area contributed by atoms with E-state index in [1.165, 1.54) is 18.0 Å². The first-order chi connectivity index (χ1) is 9.06. The number of carboxylic acids is 1. The van der Waals surface area contributed by atoms with Crippen LogP contribution in [0.4, 0.5) is 0 Å². The molecule has 19 heavy (non-hydrogen) atoms. The van der Waals surface area contributed by atoms with Crippen LogP contribution in [0, 0.1) is 0 Å². The second-order valence-corrected chi connectivity index (χ2v) is 5.36. The summed E-state index contributed by atoms with van der Waals surface area (Å²) < 4.78 is 0. The van der Waals surface area contributed by atoms with Gasteiger partial charge in [0.2, 0.25) is 0 Å². The fourth-order valence-corrected chi connectivity index (χ4v) is 2.49. The number of aromatic nitrogens is 2. The molecule has 0 atom stereocenters. The predicted molar refractivity (Wildman–Crippen MR) is 75.0 cm³/mol. The molecular formula is C12H8Cl2N2O2S. The summed E-state index contributed by atoms with van der Waals surface area (Å²) in [5.41, 5.74) is 0.818. The predicted octanol–water partition coefficient (Wildman–Crippen LogP) is 3.77. The molecule has 4 nitrogen and oxygen atoms in total. The van der Waals surface area contributed by atoms with Crippen molar-refractivity contribution in [2.45, 2.75) is 10.9 Å². The number of halogens is 2. The van der Waals surface area contributed by atoms with E-state index in [-0.39, 0.29) is 10.7 Å². The average Bonchev–Trinajstić information content (AvgIpc) is 2.37. The number of carboxylic acid groups (broad SMARTS) is 1. The molecule has 0 aliphatic rings. The van der Waals surface area contributed by atoms with Crippen LogP contribution in [0.2, 0.25) is 10.0 Å². The fourth-order valence-electron chi connectivity index (χ4n) is 1.35. The Morgan fingerprint density at radius 1 is 1.37 bits per heavy atom. The van der Waals surface area contributed by atoms with Crippen LogP contribution in [0.1, 0.15) is 16.1 Å². The fraction of sp³-hybridized carbons (Fsp3) is 0.0833. The van der Waals surface area contributed by atoms with Crippen LogP contribution in [0.15, 0.2) is 35.6 Å². The van der Waals surface area contributed by atoms with Crippen molar-refractivity contribution in [1.82, 2.24) is 9.97 Å². The van der Waals surface area contributed by atoms with Gasteiger partial charge in [0.05, 0.1) is 11.2 Å². The lowest BCUT2D eigenvalue weighted by Crippen LogP contribution is -2.03. The second kappa shape index (κ2) is 6.23. The molecule has 0 saturated carbocycles. The molecule has 0 amide bonds. The van der Waals surface area contributed by atoms with Crippen molar-refractivity contribution in [3.63, 3.8) is 0 Å². The lowest BCUT2D eigenvalue weighted by Gasteiger charge is -2.03. The van der Waals surface area contributed by atoms with Crippen molar-refractivity contribution in [3.8, 4) is 0 Å². The van der Waals surface area contributed by atoms with Gasteiger partial charge >= 0.3 is 5.97 Å². The van der Waals surface area contributed by atoms with Gasteiger partial charge in [0.15, 0.2) is 10.9 Å². The molecule has 0 aliphatic heterocycles. The molecule has 0 aliphatic carbocycles. The van der Waals surface area contributed by atoms with Crippen LogP contribution in [-0.2, 0) is 5.75 Å². The van der Waals surface area contributed by atoms with Crippen molar-refractivity contribution in [2.75, 3.05) is 0 Å². The normalized spacial score (nSPS) is 10.4. The first-order valence-corrected chi connectivity index (χ1v) is 6.93. The van der Waals surface area contributed by atoms with E-state index >= 15 is 0 Å². The van der Waals surface area contributed by atoms with Crippen LogP contribution < -0.4 is 0 Å². The third kappa shape index (κ3) is 3.83. The van der Waals surface area contributed by atoms with E-state index in [1.807, 2.05) is 18.2 Å². The van der Waals surface area contributed by atoms with Crippen LogP contribution in [0.25, 0.3) is 0 Å². The summed E-state index contributed by atoms with van der Waals surface area (Å²) in [6, 6.07) is 7.40. The average molecular weight is 315 g/mol. The van der Waals surface area contributed by atoms with Crippen LogP contribution in [-0.4, -0.2) is 21.0 Å². The van der Waals surface area contributed by atoms with Crippen molar-refractivity contribution in [3.05, 3.63) is 51.8 Å². The molecule has 0 bridgehead atoms. The minimum absolute atomic E-state index is 0.0274. The summed E-state index contributed by atoms with van der Waals surface area (Å²) in [6.45, 7) is 0. The lowest BCUT2D eigenvalue weighted by atomic mass is 10.2. The van der Waals surface area contributed by atoms with Gasteiger partial charge in [0, 0.05) is 10.8 Å². The lowest BCUT2D eigenvalue weighted by molar-refractivity contribution is 0.0689. The molecule has 1 aromatic heterocycles. The first kappa shape index (κ1) is 14.1. The molecule has 1 aromatic carbocycles. The maximum absolute atomic E-state index is 10.9. The number of hydrogen-bond donors (Lipinski definition) is 1. The van der Waals surface area contributed by atoms with Gasteiger partial charge in [-0.2, -0.15) is 0 Å². The number of carbonyl (C=O) groups is 1.